The lowest BCUT2D eigenvalue weighted by molar-refractivity contribution is -0.140. The Balaban J connectivity index is 1.92. The average molecular weight is 391 g/mol. The SMILES string of the molecule is CC#CCOc1ccc(SC(CC)(C(=O)O)c2ccc3ccccc3c2)cc1. The predicted octanol–water partition coefficient (Wildman–Crippen LogP) is 5.72. The Labute approximate surface area is 169 Å². The second kappa shape index (κ2) is 8.86. The minimum atomic E-state index is -1.06. The largest absolute Gasteiger partial charge is 0.481 e. The van der Waals surface area contributed by atoms with Crippen LogP contribution in [0.25, 0.3) is 10.8 Å². The molecule has 0 aliphatic heterocycles. The molecule has 1 N–H and O–H groups in total. The van der Waals surface area contributed by atoms with Gasteiger partial charge in [-0.15, -0.1) is 17.7 Å². The van der Waals surface area contributed by atoms with Crippen molar-refractivity contribution in [3.05, 3.63) is 72.3 Å². The van der Waals surface area contributed by atoms with Gasteiger partial charge in [-0.3, -0.25) is 4.79 Å². The zero-order chi connectivity index (χ0) is 20.0. The first-order valence-electron chi connectivity index (χ1n) is 9.13. The summed E-state index contributed by atoms with van der Waals surface area (Å²) in [6, 6.07) is 21.4. The fourth-order valence-electron chi connectivity index (χ4n) is 3.09. The summed E-state index contributed by atoms with van der Waals surface area (Å²) in [6.07, 6.45) is 0.468. The summed E-state index contributed by atoms with van der Waals surface area (Å²) in [5, 5.41) is 12.3. The third kappa shape index (κ3) is 4.16. The maximum atomic E-state index is 12.4. The van der Waals surface area contributed by atoms with E-state index in [1.165, 1.54) is 11.8 Å². The minimum Gasteiger partial charge on any atom is -0.481 e. The molecule has 0 spiro atoms. The lowest BCUT2D eigenvalue weighted by atomic mass is 9.93. The molecule has 3 aromatic rings. The van der Waals surface area contributed by atoms with E-state index in [1.54, 1.807) is 6.92 Å². The number of fused-ring (bicyclic) bond motifs is 1. The first-order valence-corrected chi connectivity index (χ1v) is 9.95. The summed E-state index contributed by atoms with van der Waals surface area (Å²) in [5.74, 6) is 5.52. The maximum Gasteiger partial charge on any atom is 0.324 e. The summed E-state index contributed by atoms with van der Waals surface area (Å²) in [5.41, 5.74) is 0.796. The molecule has 3 aromatic carbocycles. The molecule has 1 atom stereocenters. The van der Waals surface area contributed by atoms with Crippen LogP contribution in [-0.4, -0.2) is 17.7 Å². The van der Waals surface area contributed by atoms with Gasteiger partial charge >= 0.3 is 5.97 Å². The van der Waals surface area contributed by atoms with Gasteiger partial charge in [0.05, 0.1) is 0 Å². The fraction of sp³-hybridized carbons (Fsp3) is 0.208. The van der Waals surface area contributed by atoms with Crippen LogP contribution in [0.5, 0.6) is 5.75 Å². The number of carbonyl (C=O) groups is 1. The van der Waals surface area contributed by atoms with E-state index in [9.17, 15) is 9.90 Å². The quantitative estimate of drug-likeness (QED) is 0.414. The molecular weight excluding hydrogens is 368 g/mol. The molecule has 0 amide bonds. The molecular formula is C24H22O3S. The van der Waals surface area contributed by atoms with E-state index in [-0.39, 0.29) is 0 Å². The second-order valence-electron chi connectivity index (χ2n) is 6.34. The Kier molecular flexibility index (Phi) is 6.28. The fourth-order valence-corrected chi connectivity index (χ4v) is 4.24. The highest BCUT2D eigenvalue weighted by molar-refractivity contribution is 8.01. The number of carboxylic acids is 1. The molecule has 3 rings (SSSR count). The van der Waals surface area contributed by atoms with E-state index in [1.807, 2.05) is 73.7 Å². The van der Waals surface area contributed by atoms with Crippen molar-refractivity contribution in [2.45, 2.75) is 29.9 Å². The molecule has 0 heterocycles. The highest BCUT2D eigenvalue weighted by atomic mass is 32.2. The Morgan fingerprint density at radius 2 is 1.79 bits per heavy atom. The highest BCUT2D eigenvalue weighted by Crippen LogP contribution is 2.45. The molecule has 0 saturated carbocycles. The molecule has 0 aromatic heterocycles. The molecule has 4 heteroatoms. The summed E-state index contributed by atoms with van der Waals surface area (Å²) in [6.45, 7) is 4.03. The van der Waals surface area contributed by atoms with Crippen molar-refractivity contribution in [3.63, 3.8) is 0 Å². The van der Waals surface area contributed by atoms with Crippen molar-refractivity contribution in [3.8, 4) is 17.6 Å². The second-order valence-corrected chi connectivity index (χ2v) is 7.71. The van der Waals surface area contributed by atoms with E-state index in [4.69, 9.17) is 4.74 Å². The van der Waals surface area contributed by atoms with Gasteiger partial charge < -0.3 is 9.84 Å². The predicted molar refractivity (Wildman–Crippen MR) is 115 cm³/mol. The Morgan fingerprint density at radius 1 is 1.07 bits per heavy atom. The van der Waals surface area contributed by atoms with E-state index < -0.39 is 10.7 Å². The van der Waals surface area contributed by atoms with Crippen LogP contribution < -0.4 is 4.74 Å². The van der Waals surface area contributed by atoms with Crippen LogP contribution in [0, 0.1) is 11.8 Å². The Bertz CT molecular complexity index is 1030. The molecule has 0 bridgehead atoms. The van der Waals surface area contributed by atoms with Crippen LogP contribution in [0.4, 0.5) is 0 Å². The molecule has 3 nitrogen and oxygen atoms in total. The molecule has 0 saturated heterocycles. The highest BCUT2D eigenvalue weighted by Gasteiger charge is 2.40. The van der Waals surface area contributed by atoms with Crippen LogP contribution in [0.1, 0.15) is 25.8 Å². The molecule has 0 radical (unpaired) electrons. The van der Waals surface area contributed by atoms with Crippen LogP contribution in [0.2, 0.25) is 0 Å². The molecule has 0 fully saturated rings. The van der Waals surface area contributed by atoms with Crippen LogP contribution in [0.3, 0.4) is 0 Å². The first kappa shape index (κ1) is 19.9. The van der Waals surface area contributed by atoms with Crippen molar-refractivity contribution in [1.82, 2.24) is 0 Å². The van der Waals surface area contributed by atoms with Crippen molar-refractivity contribution >= 4 is 28.5 Å². The number of carboxylic acid groups (broad SMARTS) is 1. The number of ether oxygens (including phenoxy) is 1. The maximum absolute atomic E-state index is 12.4. The topological polar surface area (TPSA) is 46.5 Å². The van der Waals surface area contributed by atoms with Gasteiger partial charge in [-0.2, -0.15) is 0 Å². The third-order valence-electron chi connectivity index (χ3n) is 4.66. The zero-order valence-electron chi connectivity index (χ0n) is 15.9. The van der Waals surface area contributed by atoms with Gasteiger partial charge in [0.25, 0.3) is 0 Å². The van der Waals surface area contributed by atoms with E-state index in [0.29, 0.717) is 13.0 Å². The van der Waals surface area contributed by atoms with Gasteiger partial charge in [0.1, 0.15) is 17.1 Å². The lowest BCUT2D eigenvalue weighted by Gasteiger charge is -2.28. The van der Waals surface area contributed by atoms with Gasteiger partial charge in [-0.1, -0.05) is 49.2 Å². The van der Waals surface area contributed by atoms with Gasteiger partial charge in [0.2, 0.25) is 0 Å². The standard InChI is InChI=1S/C24H22O3S/c1-3-5-16-27-21-12-14-22(15-13-21)28-24(4-2,23(25)26)20-11-10-18-8-6-7-9-19(18)17-20/h6-15,17H,4,16H2,1-2H3,(H,25,26). The molecule has 1 unspecified atom stereocenters. The number of hydrogen-bond acceptors (Lipinski definition) is 3. The minimum absolute atomic E-state index is 0.341. The first-order chi connectivity index (χ1) is 13.6. The van der Waals surface area contributed by atoms with Crippen molar-refractivity contribution < 1.29 is 14.6 Å². The Hall–Kier alpha value is -2.90. The monoisotopic (exact) mass is 390 g/mol. The van der Waals surface area contributed by atoms with Crippen LogP contribution >= 0.6 is 11.8 Å². The van der Waals surface area contributed by atoms with Crippen LogP contribution in [-0.2, 0) is 9.54 Å². The molecule has 0 aliphatic carbocycles. The van der Waals surface area contributed by atoms with E-state index in [2.05, 4.69) is 11.8 Å². The van der Waals surface area contributed by atoms with Gasteiger partial charge in [0, 0.05) is 4.90 Å². The van der Waals surface area contributed by atoms with Crippen molar-refractivity contribution in [1.29, 1.82) is 0 Å². The molecule has 0 aliphatic rings. The van der Waals surface area contributed by atoms with Gasteiger partial charge in [0.15, 0.2) is 0 Å². The van der Waals surface area contributed by atoms with E-state index in [0.717, 1.165) is 27.0 Å². The molecule has 142 valence electrons. The van der Waals surface area contributed by atoms with Crippen molar-refractivity contribution in [2.75, 3.05) is 6.61 Å². The lowest BCUT2D eigenvalue weighted by Crippen LogP contribution is -2.31. The Morgan fingerprint density at radius 3 is 2.43 bits per heavy atom. The zero-order valence-corrected chi connectivity index (χ0v) is 16.8. The van der Waals surface area contributed by atoms with Gasteiger partial charge in [-0.05, 0) is 60.0 Å². The third-order valence-corrected chi connectivity index (χ3v) is 6.22. The number of rotatable bonds is 7. The summed E-state index contributed by atoms with van der Waals surface area (Å²) in [7, 11) is 0. The number of thioether (sulfide) groups is 1. The van der Waals surface area contributed by atoms with Crippen LogP contribution in [0.15, 0.2) is 71.6 Å². The molecule has 28 heavy (non-hydrogen) atoms. The smallest absolute Gasteiger partial charge is 0.324 e. The number of benzene rings is 3. The normalized spacial score (nSPS) is 12.6. The van der Waals surface area contributed by atoms with E-state index >= 15 is 0 Å². The average Bonchev–Trinajstić information content (AvgIpc) is 2.73. The number of hydrogen-bond donors (Lipinski definition) is 1. The summed E-state index contributed by atoms with van der Waals surface area (Å²) >= 11 is 1.36. The summed E-state index contributed by atoms with van der Waals surface area (Å²) < 4.78 is 4.48. The summed E-state index contributed by atoms with van der Waals surface area (Å²) in [4.78, 5) is 13.3. The van der Waals surface area contributed by atoms with Gasteiger partial charge in [-0.25, -0.2) is 0 Å². The number of aliphatic carboxylic acids is 1. The van der Waals surface area contributed by atoms with Crippen molar-refractivity contribution in [2.24, 2.45) is 0 Å².